The Hall–Kier alpha value is -4.46. The van der Waals surface area contributed by atoms with Crippen molar-refractivity contribution in [3.63, 3.8) is 0 Å². The summed E-state index contributed by atoms with van der Waals surface area (Å²) < 4.78 is 71.3. The molecule has 0 radical (unpaired) electrons. The van der Waals surface area contributed by atoms with Crippen molar-refractivity contribution < 1.29 is 31.0 Å². The molecule has 0 bridgehead atoms. The molecule has 2 aliphatic heterocycles. The third kappa shape index (κ3) is 11.3. The van der Waals surface area contributed by atoms with Gasteiger partial charge in [-0.2, -0.15) is 8.61 Å². The first-order chi connectivity index (χ1) is 30.3. The van der Waals surface area contributed by atoms with E-state index in [1.165, 1.54) is 46.1 Å². The molecular formula is C44H48Cl2N6O7S4. The van der Waals surface area contributed by atoms with Gasteiger partial charge in [-0.3, -0.25) is 0 Å². The second kappa shape index (κ2) is 20.6. The number of methoxy groups -OCH3 is 3. The molecule has 0 atom stereocenters. The lowest BCUT2D eigenvalue weighted by atomic mass is 10.1. The average molecular weight is 972 g/mol. The first kappa shape index (κ1) is 46.5. The van der Waals surface area contributed by atoms with E-state index in [-0.39, 0.29) is 9.79 Å². The number of anilines is 2. The molecule has 0 N–H and O–H groups in total. The highest BCUT2D eigenvalue weighted by Gasteiger charge is 2.33. The summed E-state index contributed by atoms with van der Waals surface area (Å²) in [4.78, 5) is 14.0. The topological polar surface area (TPSA) is 135 Å². The zero-order chi connectivity index (χ0) is 44.7. The number of ether oxygens (including phenoxy) is 3. The average Bonchev–Trinajstić information content (AvgIpc) is 3.98. The Bertz CT molecular complexity index is 2700. The monoisotopic (exact) mass is 970 g/mol. The van der Waals surface area contributed by atoms with Crippen molar-refractivity contribution in [2.24, 2.45) is 0 Å². The maximum Gasteiger partial charge on any atom is 0.246 e. The van der Waals surface area contributed by atoms with Gasteiger partial charge in [0, 0.05) is 86.0 Å². The number of aromatic nitrogens is 2. The highest BCUT2D eigenvalue weighted by Crippen LogP contribution is 2.33. The maximum absolute atomic E-state index is 13.2. The number of sulfonamides is 2. The lowest BCUT2D eigenvalue weighted by molar-refractivity contribution is 0.373. The van der Waals surface area contributed by atoms with E-state index in [0.717, 1.165) is 45.8 Å². The van der Waals surface area contributed by atoms with Crippen LogP contribution in [-0.4, -0.2) is 109 Å². The molecule has 4 heterocycles. The number of thiazole rings is 2. The molecule has 6 aromatic rings. The number of aryl methyl sites for hydroxylation is 1. The Morgan fingerprint density at radius 2 is 0.952 bits per heavy atom. The van der Waals surface area contributed by atoms with Crippen LogP contribution in [-0.2, 0) is 32.9 Å². The summed E-state index contributed by atoms with van der Waals surface area (Å²) in [6.45, 7) is 5.87. The van der Waals surface area contributed by atoms with Crippen LogP contribution in [0.25, 0.3) is 0 Å². The number of hydrogen-bond acceptors (Lipinski definition) is 13. The summed E-state index contributed by atoms with van der Waals surface area (Å²) in [5.41, 5.74) is 5.66. The van der Waals surface area contributed by atoms with Crippen LogP contribution in [0, 0.1) is 6.92 Å². The van der Waals surface area contributed by atoms with Crippen LogP contribution >= 0.6 is 45.9 Å². The first-order valence-electron chi connectivity index (χ1n) is 20.0. The molecule has 0 amide bonds. The summed E-state index contributed by atoms with van der Waals surface area (Å²) in [6.07, 6.45) is 1.53. The Morgan fingerprint density at radius 1 is 0.556 bits per heavy atom. The smallest absolute Gasteiger partial charge is 0.246 e. The molecule has 2 fully saturated rings. The molecule has 2 aliphatic rings. The number of benzene rings is 4. The number of nitrogens with zero attached hydrogens (tertiary/aromatic N) is 6. The fourth-order valence-corrected chi connectivity index (χ4v) is 12.6. The lowest BCUT2D eigenvalue weighted by Gasteiger charge is -2.34. The van der Waals surface area contributed by atoms with Crippen LogP contribution in [0.15, 0.2) is 105 Å². The van der Waals surface area contributed by atoms with Gasteiger partial charge >= 0.3 is 0 Å². The second-order valence-electron chi connectivity index (χ2n) is 14.8. The summed E-state index contributed by atoms with van der Waals surface area (Å²) in [5, 5.41) is 6.69. The van der Waals surface area contributed by atoms with Gasteiger partial charge in [-0.05, 0) is 66.6 Å². The van der Waals surface area contributed by atoms with Gasteiger partial charge in [0.25, 0.3) is 0 Å². The number of halogens is 2. The van der Waals surface area contributed by atoms with E-state index < -0.39 is 20.0 Å². The van der Waals surface area contributed by atoms with Gasteiger partial charge in [-0.15, -0.1) is 22.7 Å². The van der Waals surface area contributed by atoms with Crippen LogP contribution in [0.4, 0.5) is 10.3 Å². The first-order valence-corrected chi connectivity index (χ1v) is 25.4. The zero-order valence-electron chi connectivity index (χ0n) is 35.2. The van der Waals surface area contributed by atoms with E-state index in [0.29, 0.717) is 73.9 Å². The Balaban J connectivity index is 0.000000189. The van der Waals surface area contributed by atoms with E-state index >= 15 is 0 Å². The minimum absolute atomic E-state index is 0.0944. The molecule has 19 heteroatoms. The quantitative estimate of drug-likeness (QED) is 0.111. The predicted octanol–water partition coefficient (Wildman–Crippen LogP) is 8.13. The standard InChI is InChI=1S/C22H24ClN3O4S2.C22H24ClN3O3S2/c1-29-19-6-3-16(4-7-19)13-18-15-31-22(24-18)25-9-11-26(12-10-25)32(27,28)21-14-17(23)5-8-20(21)30-2;1-16-3-5-17(6-4-16)13-19-15-30-22(24-19)25-9-11-26(12-10-25)31(27,28)21-14-18(23)7-8-20(21)29-2/h3-8,14-15H,9-13H2,1-2H3;3-8,14-15H,9-13H2,1-2H3. The number of piperazine rings is 2. The Morgan fingerprint density at radius 3 is 1.33 bits per heavy atom. The molecule has 0 unspecified atom stereocenters. The number of hydrogen-bond donors (Lipinski definition) is 0. The van der Waals surface area contributed by atoms with Gasteiger partial charge < -0.3 is 24.0 Å². The molecule has 0 spiro atoms. The molecule has 2 saturated heterocycles. The van der Waals surface area contributed by atoms with Gasteiger partial charge in [0.05, 0.1) is 32.7 Å². The molecular weight excluding hydrogens is 924 g/mol. The van der Waals surface area contributed by atoms with Gasteiger partial charge in [-0.1, -0.05) is 65.2 Å². The van der Waals surface area contributed by atoms with Crippen molar-refractivity contribution in [2.45, 2.75) is 29.6 Å². The van der Waals surface area contributed by atoms with Crippen molar-refractivity contribution in [3.8, 4) is 17.2 Å². The third-order valence-electron chi connectivity index (χ3n) is 10.6. The van der Waals surface area contributed by atoms with E-state index in [2.05, 4.69) is 51.7 Å². The molecule has 4 aromatic carbocycles. The van der Waals surface area contributed by atoms with Gasteiger partial charge in [0.15, 0.2) is 10.3 Å². The van der Waals surface area contributed by atoms with Crippen LogP contribution in [0.3, 0.4) is 0 Å². The van der Waals surface area contributed by atoms with Crippen LogP contribution in [0.5, 0.6) is 17.2 Å². The largest absolute Gasteiger partial charge is 0.497 e. The van der Waals surface area contributed by atoms with Crippen molar-refractivity contribution in [1.29, 1.82) is 0 Å². The fourth-order valence-electron chi connectivity index (χ4n) is 7.13. The van der Waals surface area contributed by atoms with E-state index in [1.807, 2.05) is 24.3 Å². The van der Waals surface area contributed by atoms with Crippen LogP contribution in [0.1, 0.15) is 28.1 Å². The summed E-state index contributed by atoms with van der Waals surface area (Å²) in [5.74, 6) is 1.42. The van der Waals surface area contributed by atoms with Gasteiger partial charge in [0.1, 0.15) is 27.0 Å². The number of rotatable bonds is 13. The normalized spacial score (nSPS) is 15.1. The molecule has 63 heavy (non-hydrogen) atoms. The van der Waals surface area contributed by atoms with Gasteiger partial charge in [0.2, 0.25) is 20.0 Å². The van der Waals surface area contributed by atoms with Crippen molar-refractivity contribution in [1.82, 2.24) is 18.6 Å². The Labute approximate surface area is 387 Å². The van der Waals surface area contributed by atoms with E-state index in [9.17, 15) is 16.8 Å². The minimum atomic E-state index is -3.70. The molecule has 0 aliphatic carbocycles. The third-order valence-corrected chi connectivity index (χ3v) is 16.8. The van der Waals surface area contributed by atoms with E-state index in [4.69, 9.17) is 47.4 Å². The predicted molar refractivity (Wildman–Crippen MR) is 252 cm³/mol. The summed E-state index contributed by atoms with van der Waals surface area (Å²) >= 11 is 15.3. The molecule has 13 nitrogen and oxygen atoms in total. The molecule has 2 aromatic heterocycles. The van der Waals surface area contributed by atoms with Crippen molar-refractivity contribution in [3.05, 3.63) is 134 Å². The SMILES string of the molecule is COc1ccc(Cc2csc(N3CCN(S(=O)(=O)c4cc(Cl)ccc4OC)CC3)n2)cc1.COc1ccc(Cl)cc1S(=O)(=O)N1CCN(c2nc(Cc3ccc(C)cc3)cs2)CC1. The summed E-state index contributed by atoms with van der Waals surface area (Å²) in [6, 6.07) is 25.7. The van der Waals surface area contributed by atoms with Crippen LogP contribution < -0.4 is 24.0 Å². The van der Waals surface area contributed by atoms with Crippen molar-refractivity contribution in [2.75, 3.05) is 83.5 Å². The van der Waals surface area contributed by atoms with E-state index in [1.54, 1.807) is 54.0 Å². The second-order valence-corrected chi connectivity index (χ2v) is 21.2. The Kier molecular flexibility index (Phi) is 15.2. The van der Waals surface area contributed by atoms with Crippen molar-refractivity contribution >= 4 is 76.2 Å². The zero-order valence-corrected chi connectivity index (χ0v) is 40.0. The molecule has 0 saturated carbocycles. The minimum Gasteiger partial charge on any atom is -0.497 e. The highest BCUT2D eigenvalue weighted by molar-refractivity contribution is 7.89. The molecule has 8 rings (SSSR count). The van der Waals surface area contributed by atoms with Crippen LogP contribution in [0.2, 0.25) is 10.0 Å². The maximum atomic E-state index is 13.2. The fraction of sp³-hybridized carbons (Fsp3) is 0.318. The highest BCUT2D eigenvalue weighted by atomic mass is 35.5. The lowest BCUT2D eigenvalue weighted by Crippen LogP contribution is -2.48. The molecule has 334 valence electrons. The van der Waals surface area contributed by atoms with Gasteiger partial charge in [-0.25, -0.2) is 26.8 Å². The summed E-state index contributed by atoms with van der Waals surface area (Å²) in [7, 11) is -2.84.